The molecule has 0 amide bonds. The molecule has 5 aromatic rings. The third-order valence-corrected chi connectivity index (χ3v) is 5.70. The van der Waals surface area contributed by atoms with Crippen molar-refractivity contribution in [3.8, 4) is 22.6 Å². The van der Waals surface area contributed by atoms with Crippen LogP contribution in [0.25, 0.3) is 38.6 Å². The van der Waals surface area contributed by atoms with Gasteiger partial charge in [-0.1, -0.05) is 11.6 Å². The Morgan fingerprint density at radius 1 is 1.03 bits per heavy atom. The molecule has 5 rings (SSSR count). The van der Waals surface area contributed by atoms with E-state index in [-0.39, 0.29) is 0 Å². The highest BCUT2D eigenvalue weighted by Gasteiger charge is 2.17. The van der Waals surface area contributed by atoms with Gasteiger partial charge in [0.15, 0.2) is 0 Å². The molecule has 29 heavy (non-hydrogen) atoms. The van der Waals surface area contributed by atoms with Crippen molar-refractivity contribution in [1.29, 1.82) is 0 Å². The quantitative estimate of drug-likeness (QED) is 0.412. The van der Waals surface area contributed by atoms with E-state index in [1.165, 1.54) is 0 Å². The average molecular weight is 403 g/mol. The number of nitrogens with zero attached hydrogens (tertiary/aromatic N) is 3. The lowest BCUT2D eigenvalue weighted by Crippen LogP contribution is -2.02. The van der Waals surface area contributed by atoms with E-state index in [1.807, 2.05) is 43.6 Å². The van der Waals surface area contributed by atoms with Gasteiger partial charge in [0.25, 0.3) is 0 Å². The standard InChI is InChI=1S/C23H19ClN4O/c1-13-14(2)27-20-5-4-17(24)10-19(20)23(13)28-7-6-18-21(28)8-15(9-22(18)29-3)16-11-25-26-12-16/h4-12H,1-3H3,(H,25,26). The second-order valence-corrected chi connectivity index (χ2v) is 7.55. The summed E-state index contributed by atoms with van der Waals surface area (Å²) in [6.07, 6.45) is 5.77. The van der Waals surface area contributed by atoms with Crippen molar-refractivity contribution in [3.63, 3.8) is 0 Å². The summed E-state index contributed by atoms with van der Waals surface area (Å²) in [6, 6.07) is 12.1. The number of H-pyrrole nitrogens is 1. The van der Waals surface area contributed by atoms with Gasteiger partial charge in [-0.25, -0.2) is 0 Å². The number of aromatic amines is 1. The Labute approximate surface area is 172 Å². The van der Waals surface area contributed by atoms with Crippen molar-refractivity contribution in [2.24, 2.45) is 0 Å². The van der Waals surface area contributed by atoms with Crippen LogP contribution in [0.4, 0.5) is 0 Å². The van der Waals surface area contributed by atoms with E-state index < -0.39 is 0 Å². The van der Waals surface area contributed by atoms with Crippen LogP contribution in [0.2, 0.25) is 5.02 Å². The summed E-state index contributed by atoms with van der Waals surface area (Å²) in [5.41, 5.74) is 7.21. The highest BCUT2D eigenvalue weighted by molar-refractivity contribution is 6.31. The second-order valence-electron chi connectivity index (χ2n) is 7.12. The molecule has 0 unspecified atom stereocenters. The molecule has 0 radical (unpaired) electrons. The number of nitrogens with one attached hydrogen (secondary N) is 1. The molecule has 0 aliphatic rings. The van der Waals surface area contributed by atoms with Gasteiger partial charge >= 0.3 is 0 Å². The summed E-state index contributed by atoms with van der Waals surface area (Å²) in [6.45, 7) is 4.14. The van der Waals surface area contributed by atoms with Crippen molar-refractivity contribution >= 4 is 33.4 Å². The fourth-order valence-corrected chi connectivity index (χ4v) is 4.06. The van der Waals surface area contributed by atoms with Crippen LogP contribution >= 0.6 is 11.6 Å². The average Bonchev–Trinajstić information content (AvgIpc) is 3.39. The summed E-state index contributed by atoms with van der Waals surface area (Å²) >= 11 is 6.34. The van der Waals surface area contributed by atoms with Gasteiger partial charge in [-0.2, -0.15) is 5.10 Å². The number of pyridine rings is 1. The predicted octanol–water partition coefficient (Wildman–Crippen LogP) is 5.85. The number of fused-ring (bicyclic) bond motifs is 2. The zero-order valence-corrected chi connectivity index (χ0v) is 17.1. The molecule has 0 atom stereocenters. The number of hydrogen-bond donors (Lipinski definition) is 1. The van der Waals surface area contributed by atoms with Crippen molar-refractivity contribution in [2.45, 2.75) is 13.8 Å². The van der Waals surface area contributed by atoms with Crippen LogP contribution < -0.4 is 4.74 Å². The number of benzene rings is 2. The normalized spacial score (nSPS) is 11.4. The highest BCUT2D eigenvalue weighted by atomic mass is 35.5. The second kappa shape index (κ2) is 6.64. The van der Waals surface area contributed by atoms with Crippen molar-refractivity contribution in [3.05, 3.63) is 71.3 Å². The van der Waals surface area contributed by atoms with Gasteiger partial charge < -0.3 is 9.30 Å². The molecule has 2 aromatic carbocycles. The summed E-state index contributed by atoms with van der Waals surface area (Å²) in [5.74, 6) is 0.822. The lowest BCUT2D eigenvalue weighted by Gasteiger charge is -2.16. The van der Waals surface area contributed by atoms with E-state index >= 15 is 0 Å². The number of methoxy groups -OCH3 is 1. The number of halogens is 1. The topological polar surface area (TPSA) is 55.7 Å². The van der Waals surface area contributed by atoms with Crippen LogP contribution in [0, 0.1) is 13.8 Å². The minimum absolute atomic E-state index is 0.692. The van der Waals surface area contributed by atoms with Gasteiger partial charge in [-0.05, 0) is 61.4 Å². The minimum atomic E-state index is 0.692. The van der Waals surface area contributed by atoms with Gasteiger partial charge in [0.1, 0.15) is 5.75 Å². The molecule has 0 aliphatic carbocycles. The predicted molar refractivity (Wildman–Crippen MR) is 117 cm³/mol. The van der Waals surface area contributed by atoms with Crippen LogP contribution in [0.15, 0.2) is 55.0 Å². The van der Waals surface area contributed by atoms with E-state index in [1.54, 1.807) is 7.11 Å². The van der Waals surface area contributed by atoms with Crippen molar-refractivity contribution in [2.75, 3.05) is 7.11 Å². The molecule has 144 valence electrons. The number of rotatable bonds is 3. The Morgan fingerprint density at radius 3 is 2.66 bits per heavy atom. The van der Waals surface area contributed by atoms with Gasteiger partial charge in [0.05, 0.1) is 30.0 Å². The minimum Gasteiger partial charge on any atom is -0.496 e. The van der Waals surface area contributed by atoms with Crippen LogP contribution in [0.3, 0.4) is 0 Å². The maximum Gasteiger partial charge on any atom is 0.128 e. The van der Waals surface area contributed by atoms with E-state index in [4.69, 9.17) is 21.3 Å². The van der Waals surface area contributed by atoms with Crippen LogP contribution in [0.5, 0.6) is 5.75 Å². The molecular weight excluding hydrogens is 384 g/mol. The van der Waals surface area contributed by atoms with Crippen LogP contribution in [-0.2, 0) is 0 Å². The molecule has 5 nitrogen and oxygen atoms in total. The van der Waals surface area contributed by atoms with Crippen LogP contribution in [-0.4, -0.2) is 26.9 Å². The van der Waals surface area contributed by atoms with E-state index in [0.717, 1.165) is 55.6 Å². The molecule has 0 saturated heterocycles. The van der Waals surface area contributed by atoms with E-state index in [2.05, 4.69) is 40.0 Å². The van der Waals surface area contributed by atoms with Gasteiger partial charge in [-0.3, -0.25) is 10.1 Å². The molecular formula is C23H19ClN4O. The molecule has 0 bridgehead atoms. The Bertz CT molecular complexity index is 1370. The monoisotopic (exact) mass is 402 g/mol. The zero-order chi connectivity index (χ0) is 20.1. The van der Waals surface area contributed by atoms with E-state index in [9.17, 15) is 0 Å². The smallest absolute Gasteiger partial charge is 0.128 e. The van der Waals surface area contributed by atoms with Gasteiger partial charge in [0, 0.05) is 39.4 Å². The third-order valence-electron chi connectivity index (χ3n) is 5.46. The maximum absolute atomic E-state index is 6.34. The SMILES string of the molecule is COc1cc(-c2cn[nH]c2)cc2c1ccn2-c1c(C)c(C)nc2ccc(Cl)cc12. The van der Waals surface area contributed by atoms with Crippen molar-refractivity contribution in [1.82, 2.24) is 19.7 Å². The highest BCUT2D eigenvalue weighted by Crippen LogP contribution is 2.37. The molecule has 0 spiro atoms. The number of aromatic nitrogens is 4. The first-order valence-corrected chi connectivity index (χ1v) is 9.69. The lowest BCUT2D eigenvalue weighted by atomic mass is 10.1. The maximum atomic E-state index is 6.34. The summed E-state index contributed by atoms with van der Waals surface area (Å²) in [7, 11) is 1.70. The zero-order valence-electron chi connectivity index (χ0n) is 16.3. The number of hydrogen-bond acceptors (Lipinski definition) is 3. The fraction of sp³-hybridized carbons (Fsp3) is 0.130. The summed E-state index contributed by atoms with van der Waals surface area (Å²) < 4.78 is 7.90. The fourth-order valence-electron chi connectivity index (χ4n) is 3.89. The largest absolute Gasteiger partial charge is 0.496 e. The lowest BCUT2D eigenvalue weighted by molar-refractivity contribution is 0.420. The third kappa shape index (κ3) is 2.77. The van der Waals surface area contributed by atoms with Crippen LogP contribution in [0.1, 0.15) is 11.3 Å². The van der Waals surface area contributed by atoms with E-state index in [0.29, 0.717) is 5.02 Å². The van der Waals surface area contributed by atoms with Crippen molar-refractivity contribution < 1.29 is 4.74 Å². The van der Waals surface area contributed by atoms with Gasteiger partial charge in [0.2, 0.25) is 0 Å². The number of aryl methyl sites for hydroxylation is 1. The summed E-state index contributed by atoms with van der Waals surface area (Å²) in [4.78, 5) is 4.75. The first-order valence-electron chi connectivity index (χ1n) is 9.32. The Hall–Kier alpha value is -3.31. The molecule has 1 N–H and O–H groups in total. The summed E-state index contributed by atoms with van der Waals surface area (Å²) in [5, 5.41) is 9.72. The first kappa shape index (κ1) is 17.8. The Balaban J connectivity index is 1.88. The first-order chi connectivity index (χ1) is 14.1. The molecule has 0 fully saturated rings. The Kier molecular flexibility index (Phi) is 4.07. The molecule has 6 heteroatoms. The molecule has 3 heterocycles. The number of ether oxygens (including phenoxy) is 1. The van der Waals surface area contributed by atoms with Gasteiger partial charge in [-0.15, -0.1) is 0 Å². The Morgan fingerprint density at radius 2 is 1.90 bits per heavy atom. The molecule has 3 aromatic heterocycles. The molecule has 0 saturated carbocycles. The molecule has 0 aliphatic heterocycles.